The number of nitrogens with zero attached hydrogens (tertiary/aromatic N) is 3. The molecule has 1 aliphatic heterocycles. The van der Waals surface area contributed by atoms with Crippen molar-refractivity contribution in [2.24, 2.45) is 0 Å². The van der Waals surface area contributed by atoms with E-state index in [1.807, 2.05) is 29.3 Å². The van der Waals surface area contributed by atoms with Gasteiger partial charge in [0.2, 0.25) is 11.8 Å². The van der Waals surface area contributed by atoms with Crippen LogP contribution in [-0.4, -0.2) is 57.8 Å². The first-order chi connectivity index (χ1) is 13.7. The van der Waals surface area contributed by atoms with E-state index in [1.54, 1.807) is 24.0 Å². The number of nitrogens with one attached hydrogen (secondary N) is 1. The van der Waals surface area contributed by atoms with Crippen LogP contribution in [0.5, 0.6) is 11.9 Å². The normalized spacial score (nSPS) is 15.0. The molecular formula is C20H22N4O3S. The van der Waals surface area contributed by atoms with Crippen molar-refractivity contribution in [1.82, 2.24) is 19.9 Å². The maximum Gasteiger partial charge on any atom is 0.319 e. The zero-order chi connectivity index (χ0) is 19.3. The summed E-state index contributed by atoms with van der Waals surface area (Å²) < 4.78 is 10.9. The molecule has 0 saturated carbocycles. The van der Waals surface area contributed by atoms with Crippen molar-refractivity contribution in [3.63, 3.8) is 0 Å². The number of H-pyrrole nitrogens is 1. The molecule has 8 heteroatoms. The van der Waals surface area contributed by atoms with E-state index in [0.717, 1.165) is 28.6 Å². The molecule has 1 aromatic carbocycles. The molecule has 3 aromatic rings. The summed E-state index contributed by atoms with van der Waals surface area (Å²) in [6.07, 6.45) is 5.21. The number of fused-ring (bicyclic) bond motifs is 1. The number of hydrogen-bond donors (Lipinski definition) is 1. The Bertz CT molecular complexity index is 953. The van der Waals surface area contributed by atoms with E-state index in [0.29, 0.717) is 30.7 Å². The number of hydrogen-bond acceptors (Lipinski definition) is 6. The minimum atomic E-state index is 0.0462. The fourth-order valence-electron chi connectivity index (χ4n) is 3.28. The maximum atomic E-state index is 12.6. The number of amides is 1. The summed E-state index contributed by atoms with van der Waals surface area (Å²) >= 11 is 1.58. The summed E-state index contributed by atoms with van der Waals surface area (Å²) in [5.41, 5.74) is 1.09. The first-order valence-electron chi connectivity index (χ1n) is 9.23. The number of piperidine rings is 1. The van der Waals surface area contributed by atoms with E-state index in [4.69, 9.17) is 9.47 Å². The molecule has 2 aromatic heterocycles. The van der Waals surface area contributed by atoms with Crippen LogP contribution >= 0.6 is 11.8 Å². The standard InChI is InChI=1S/C20H22N4O3S/c1-26-20-21-9-6-18(23-20)27-14-7-10-24(11-8-14)19(25)13-28-17-12-22-16-5-3-2-4-15(16)17/h2-6,9,12,14,22H,7-8,10-11,13H2,1H3. The fraction of sp³-hybridized carbons (Fsp3) is 0.350. The average molecular weight is 398 g/mol. The predicted octanol–water partition coefficient (Wildman–Crippen LogP) is 3.13. The largest absolute Gasteiger partial charge is 0.474 e. The summed E-state index contributed by atoms with van der Waals surface area (Å²) in [6.45, 7) is 1.39. The van der Waals surface area contributed by atoms with E-state index >= 15 is 0 Å². The van der Waals surface area contributed by atoms with E-state index < -0.39 is 0 Å². The molecule has 1 aliphatic rings. The van der Waals surface area contributed by atoms with E-state index in [1.165, 1.54) is 7.11 Å². The first kappa shape index (κ1) is 18.6. The lowest BCUT2D eigenvalue weighted by molar-refractivity contribution is -0.130. The fourth-order valence-corrected chi connectivity index (χ4v) is 4.22. The molecule has 0 bridgehead atoms. The second kappa shape index (κ2) is 8.52. The molecule has 0 aliphatic carbocycles. The van der Waals surface area contributed by atoms with Crippen molar-refractivity contribution in [1.29, 1.82) is 0 Å². The van der Waals surface area contributed by atoms with Crippen molar-refractivity contribution in [2.75, 3.05) is 26.0 Å². The number of benzene rings is 1. The second-order valence-corrected chi connectivity index (χ2v) is 7.58. The highest BCUT2D eigenvalue weighted by Gasteiger charge is 2.24. The highest BCUT2D eigenvalue weighted by atomic mass is 32.2. The van der Waals surface area contributed by atoms with Crippen LogP contribution in [0.25, 0.3) is 10.9 Å². The molecule has 0 atom stereocenters. The number of aromatic amines is 1. The molecule has 1 saturated heterocycles. The van der Waals surface area contributed by atoms with Crippen molar-refractivity contribution in [3.8, 4) is 11.9 Å². The smallest absolute Gasteiger partial charge is 0.319 e. The zero-order valence-corrected chi connectivity index (χ0v) is 16.4. The lowest BCUT2D eigenvalue weighted by Crippen LogP contribution is -2.42. The highest BCUT2D eigenvalue weighted by molar-refractivity contribution is 8.00. The van der Waals surface area contributed by atoms with Crippen LogP contribution in [0.15, 0.2) is 47.6 Å². The molecule has 1 fully saturated rings. The van der Waals surface area contributed by atoms with Gasteiger partial charge in [-0.2, -0.15) is 4.98 Å². The van der Waals surface area contributed by atoms with Gasteiger partial charge in [-0.1, -0.05) is 18.2 Å². The maximum absolute atomic E-state index is 12.6. The van der Waals surface area contributed by atoms with Crippen molar-refractivity contribution in [3.05, 3.63) is 42.7 Å². The molecule has 4 rings (SSSR count). The van der Waals surface area contributed by atoms with Crippen LogP contribution < -0.4 is 9.47 Å². The Kier molecular flexibility index (Phi) is 5.66. The SMILES string of the molecule is COc1nccc(OC2CCN(C(=O)CSc3c[nH]c4ccccc34)CC2)n1. The minimum Gasteiger partial charge on any atom is -0.474 e. The predicted molar refractivity (Wildman–Crippen MR) is 108 cm³/mol. The molecule has 7 nitrogen and oxygen atoms in total. The Morgan fingerprint density at radius 3 is 2.93 bits per heavy atom. The Morgan fingerprint density at radius 2 is 2.11 bits per heavy atom. The van der Waals surface area contributed by atoms with Gasteiger partial charge < -0.3 is 19.4 Å². The Balaban J connectivity index is 1.27. The third kappa shape index (κ3) is 4.22. The number of carbonyl (C=O) groups is 1. The third-order valence-corrected chi connectivity index (χ3v) is 5.82. The van der Waals surface area contributed by atoms with Gasteiger partial charge in [0.1, 0.15) is 6.10 Å². The number of carbonyl (C=O) groups excluding carboxylic acids is 1. The van der Waals surface area contributed by atoms with Crippen molar-refractivity contribution >= 4 is 28.6 Å². The molecule has 0 radical (unpaired) electrons. The quantitative estimate of drug-likeness (QED) is 0.643. The number of ether oxygens (including phenoxy) is 2. The molecule has 1 amide bonds. The van der Waals surface area contributed by atoms with Gasteiger partial charge >= 0.3 is 6.01 Å². The molecule has 0 spiro atoms. The highest BCUT2D eigenvalue weighted by Crippen LogP contribution is 2.28. The lowest BCUT2D eigenvalue weighted by atomic mass is 10.1. The minimum absolute atomic E-state index is 0.0462. The van der Waals surface area contributed by atoms with Crippen LogP contribution in [0.3, 0.4) is 0 Å². The Morgan fingerprint density at radius 1 is 1.29 bits per heavy atom. The van der Waals surface area contributed by atoms with E-state index in [9.17, 15) is 4.79 Å². The van der Waals surface area contributed by atoms with Crippen LogP contribution in [0.2, 0.25) is 0 Å². The molecule has 28 heavy (non-hydrogen) atoms. The summed E-state index contributed by atoms with van der Waals surface area (Å²) in [5.74, 6) is 1.11. The van der Waals surface area contributed by atoms with Gasteiger partial charge in [-0.3, -0.25) is 4.79 Å². The van der Waals surface area contributed by atoms with E-state index in [-0.39, 0.29) is 12.0 Å². The molecule has 3 heterocycles. The number of para-hydroxylation sites is 1. The molecule has 146 valence electrons. The number of likely N-dealkylation sites (tertiary alicyclic amines) is 1. The van der Waals surface area contributed by atoms with Crippen LogP contribution in [0.1, 0.15) is 12.8 Å². The van der Waals surface area contributed by atoms with Gasteiger partial charge in [0.15, 0.2) is 0 Å². The molecular weight excluding hydrogens is 376 g/mol. The van der Waals surface area contributed by atoms with Crippen molar-refractivity contribution in [2.45, 2.75) is 23.8 Å². The number of aromatic nitrogens is 3. The third-order valence-electron chi connectivity index (χ3n) is 4.78. The first-order valence-corrected chi connectivity index (χ1v) is 10.2. The number of rotatable bonds is 6. The Labute approximate surface area is 167 Å². The number of thioether (sulfide) groups is 1. The monoisotopic (exact) mass is 398 g/mol. The zero-order valence-electron chi connectivity index (χ0n) is 15.6. The lowest BCUT2D eigenvalue weighted by Gasteiger charge is -2.31. The van der Waals surface area contributed by atoms with E-state index in [2.05, 4.69) is 21.0 Å². The number of methoxy groups -OCH3 is 1. The van der Waals surface area contributed by atoms with Gasteiger partial charge in [0.25, 0.3) is 0 Å². The van der Waals surface area contributed by atoms with Gasteiger partial charge in [-0.15, -0.1) is 11.8 Å². The summed E-state index contributed by atoms with van der Waals surface area (Å²) in [6, 6.07) is 10.1. The summed E-state index contributed by atoms with van der Waals surface area (Å²) in [5, 5.41) is 1.16. The van der Waals surface area contributed by atoms with Gasteiger partial charge in [-0.25, -0.2) is 4.98 Å². The topological polar surface area (TPSA) is 80.3 Å². The van der Waals surface area contributed by atoms with Crippen LogP contribution in [0, 0.1) is 0 Å². The van der Waals surface area contributed by atoms with Gasteiger partial charge in [0, 0.05) is 60.2 Å². The molecule has 1 N–H and O–H groups in total. The second-order valence-electron chi connectivity index (χ2n) is 6.57. The Hall–Kier alpha value is -2.74. The summed E-state index contributed by atoms with van der Waals surface area (Å²) in [4.78, 5) is 27.0. The van der Waals surface area contributed by atoms with Gasteiger partial charge in [0.05, 0.1) is 12.9 Å². The van der Waals surface area contributed by atoms with Crippen molar-refractivity contribution < 1.29 is 14.3 Å². The average Bonchev–Trinajstić information content (AvgIpc) is 3.16. The van der Waals surface area contributed by atoms with Crippen LogP contribution in [0.4, 0.5) is 0 Å². The summed E-state index contributed by atoms with van der Waals surface area (Å²) in [7, 11) is 1.53. The van der Waals surface area contributed by atoms with Crippen LogP contribution in [-0.2, 0) is 4.79 Å². The van der Waals surface area contributed by atoms with Gasteiger partial charge in [-0.05, 0) is 6.07 Å². The molecule has 0 unspecified atom stereocenters.